The maximum Gasteiger partial charge on any atom is 0.240 e. The average molecular weight is 314 g/mol. The molecule has 120 valence electrons. The van der Waals surface area contributed by atoms with Crippen molar-refractivity contribution < 1.29 is 9.59 Å². The van der Waals surface area contributed by atoms with Crippen molar-refractivity contribution in [3.63, 3.8) is 0 Å². The number of likely N-dealkylation sites (N-methyl/N-ethyl adjacent to an activating group) is 1. The molecule has 2 fully saturated rings. The van der Waals surface area contributed by atoms with Crippen LogP contribution < -0.4 is 5.32 Å². The zero-order valence-electron chi connectivity index (χ0n) is 13.0. The van der Waals surface area contributed by atoms with Crippen LogP contribution in [0, 0.1) is 0 Å². The predicted octanol–water partition coefficient (Wildman–Crippen LogP) is -0.686. The average Bonchev–Trinajstić information content (AvgIpc) is 2.73. The van der Waals surface area contributed by atoms with Crippen LogP contribution in [-0.4, -0.2) is 97.4 Å². The number of nitrogens with one attached hydrogen (secondary N) is 1. The van der Waals surface area contributed by atoms with Gasteiger partial charge in [0.25, 0.3) is 0 Å². The van der Waals surface area contributed by atoms with Crippen molar-refractivity contribution in [1.29, 1.82) is 0 Å². The second-order valence-electron chi connectivity index (χ2n) is 5.82. The molecule has 2 aliphatic rings. The molecule has 0 aromatic carbocycles. The van der Waals surface area contributed by atoms with Crippen molar-refractivity contribution in [2.45, 2.75) is 12.5 Å². The molecule has 0 aromatic rings. The Morgan fingerprint density at radius 2 is 2.05 bits per heavy atom. The lowest BCUT2D eigenvalue weighted by Crippen LogP contribution is -2.51. The van der Waals surface area contributed by atoms with Gasteiger partial charge in [0.15, 0.2) is 0 Å². The van der Waals surface area contributed by atoms with E-state index < -0.39 is 0 Å². The number of carbonyl (C=O) groups is 2. The van der Waals surface area contributed by atoms with Gasteiger partial charge in [0.2, 0.25) is 11.8 Å². The Bertz CT molecular complexity index is 372. The summed E-state index contributed by atoms with van der Waals surface area (Å²) in [4.78, 5) is 30.0. The van der Waals surface area contributed by atoms with Crippen molar-refractivity contribution in [3.05, 3.63) is 0 Å². The van der Waals surface area contributed by atoms with Gasteiger partial charge in [-0.3, -0.25) is 14.5 Å². The first kappa shape index (κ1) is 16.6. The fourth-order valence-corrected chi connectivity index (χ4v) is 3.55. The van der Waals surface area contributed by atoms with Crippen molar-refractivity contribution in [3.8, 4) is 0 Å². The molecule has 0 bridgehead atoms. The molecule has 0 radical (unpaired) electrons. The van der Waals surface area contributed by atoms with E-state index in [1.54, 1.807) is 19.0 Å². The molecule has 2 heterocycles. The van der Waals surface area contributed by atoms with E-state index in [4.69, 9.17) is 0 Å². The Morgan fingerprint density at radius 1 is 1.24 bits per heavy atom. The van der Waals surface area contributed by atoms with Gasteiger partial charge in [-0.15, -0.1) is 0 Å². The van der Waals surface area contributed by atoms with Crippen LogP contribution in [0.25, 0.3) is 0 Å². The molecule has 1 N–H and O–H groups in total. The maximum absolute atomic E-state index is 12.5. The largest absolute Gasteiger partial charge is 0.348 e. The SMILES string of the molecule is CN(C)C(=O)CN1CCCN(C(=O)C2CSCCN2)CC1. The summed E-state index contributed by atoms with van der Waals surface area (Å²) in [5, 5.41) is 3.31. The molecule has 2 amide bonds. The second-order valence-corrected chi connectivity index (χ2v) is 6.97. The Labute approximate surface area is 131 Å². The molecule has 0 aromatic heterocycles. The number of nitrogens with zero attached hydrogens (tertiary/aromatic N) is 3. The summed E-state index contributed by atoms with van der Waals surface area (Å²) in [6.07, 6.45) is 0.937. The molecule has 0 saturated carbocycles. The summed E-state index contributed by atoms with van der Waals surface area (Å²) >= 11 is 1.84. The van der Waals surface area contributed by atoms with Crippen LogP contribution in [-0.2, 0) is 9.59 Å². The minimum Gasteiger partial charge on any atom is -0.348 e. The number of carbonyl (C=O) groups excluding carboxylic acids is 2. The minimum atomic E-state index is -0.0290. The molecule has 2 saturated heterocycles. The Hall–Kier alpha value is -0.790. The lowest BCUT2D eigenvalue weighted by atomic mass is 10.2. The summed E-state index contributed by atoms with van der Waals surface area (Å²) < 4.78 is 0. The van der Waals surface area contributed by atoms with E-state index in [1.807, 2.05) is 16.7 Å². The van der Waals surface area contributed by atoms with Gasteiger partial charge in [-0.05, 0) is 6.42 Å². The van der Waals surface area contributed by atoms with Crippen molar-refractivity contribution in [1.82, 2.24) is 20.0 Å². The fraction of sp³-hybridized carbons (Fsp3) is 0.857. The standard InChI is InChI=1S/C14H26N4O2S/c1-16(2)13(19)10-17-5-3-6-18(8-7-17)14(20)12-11-21-9-4-15-12/h12,15H,3-11H2,1-2H3. The summed E-state index contributed by atoms with van der Waals surface area (Å²) in [7, 11) is 3.56. The van der Waals surface area contributed by atoms with Crippen LogP contribution >= 0.6 is 11.8 Å². The zero-order chi connectivity index (χ0) is 15.2. The van der Waals surface area contributed by atoms with Gasteiger partial charge in [0.05, 0.1) is 12.6 Å². The highest BCUT2D eigenvalue weighted by Gasteiger charge is 2.27. The van der Waals surface area contributed by atoms with Crippen LogP contribution in [0.3, 0.4) is 0 Å². The van der Waals surface area contributed by atoms with Gasteiger partial charge in [-0.2, -0.15) is 11.8 Å². The predicted molar refractivity (Wildman–Crippen MR) is 85.4 cm³/mol. The lowest BCUT2D eigenvalue weighted by molar-refractivity contribution is -0.132. The molecule has 0 spiro atoms. The Kier molecular flexibility index (Phi) is 6.32. The molecule has 1 unspecified atom stereocenters. The summed E-state index contributed by atoms with van der Waals surface area (Å²) in [6, 6.07) is -0.0290. The summed E-state index contributed by atoms with van der Waals surface area (Å²) in [5.41, 5.74) is 0. The van der Waals surface area contributed by atoms with Gasteiger partial charge in [-0.25, -0.2) is 0 Å². The highest BCUT2D eigenvalue weighted by Crippen LogP contribution is 2.12. The third kappa shape index (κ3) is 4.86. The number of hydrogen-bond acceptors (Lipinski definition) is 5. The van der Waals surface area contributed by atoms with Crippen molar-refractivity contribution in [2.24, 2.45) is 0 Å². The van der Waals surface area contributed by atoms with Crippen LogP contribution in [0.15, 0.2) is 0 Å². The van der Waals surface area contributed by atoms with E-state index in [2.05, 4.69) is 10.2 Å². The first-order chi connectivity index (χ1) is 10.1. The first-order valence-electron chi connectivity index (χ1n) is 7.60. The first-order valence-corrected chi connectivity index (χ1v) is 8.76. The summed E-state index contributed by atoms with van der Waals surface area (Å²) in [6.45, 7) is 4.56. The van der Waals surface area contributed by atoms with Gasteiger partial charge in [0, 0.05) is 58.3 Å². The highest BCUT2D eigenvalue weighted by atomic mass is 32.2. The molecule has 6 nitrogen and oxygen atoms in total. The van der Waals surface area contributed by atoms with Crippen LogP contribution in [0.5, 0.6) is 0 Å². The van der Waals surface area contributed by atoms with Crippen LogP contribution in [0.1, 0.15) is 6.42 Å². The van der Waals surface area contributed by atoms with E-state index in [1.165, 1.54) is 0 Å². The van der Waals surface area contributed by atoms with Crippen LogP contribution in [0.2, 0.25) is 0 Å². The van der Waals surface area contributed by atoms with Gasteiger partial charge < -0.3 is 15.1 Å². The molecule has 2 aliphatic heterocycles. The molecule has 2 rings (SSSR count). The number of hydrogen-bond donors (Lipinski definition) is 1. The second kappa shape index (κ2) is 8.00. The van der Waals surface area contributed by atoms with Crippen LogP contribution in [0.4, 0.5) is 0 Å². The zero-order valence-corrected chi connectivity index (χ0v) is 13.8. The number of thioether (sulfide) groups is 1. The van der Waals surface area contributed by atoms with E-state index in [0.29, 0.717) is 6.54 Å². The number of rotatable bonds is 3. The Morgan fingerprint density at radius 3 is 2.71 bits per heavy atom. The number of amides is 2. The van der Waals surface area contributed by atoms with Gasteiger partial charge >= 0.3 is 0 Å². The fourth-order valence-electron chi connectivity index (χ4n) is 2.63. The van der Waals surface area contributed by atoms with Gasteiger partial charge in [-0.1, -0.05) is 0 Å². The normalized spacial score (nSPS) is 24.5. The van der Waals surface area contributed by atoms with E-state index in [-0.39, 0.29) is 17.9 Å². The molecule has 0 aliphatic carbocycles. The minimum absolute atomic E-state index is 0.0290. The monoisotopic (exact) mass is 314 g/mol. The highest BCUT2D eigenvalue weighted by molar-refractivity contribution is 7.99. The maximum atomic E-state index is 12.5. The van der Waals surface area contributed by atoms with Crippen molar-refractivity contribution >= 4 is 23.6 Å². The molecule has 1 atom stereocenters. The van der Waals surface area contributed by atoms with E-state index >= 15 is 0 Å². The smallest absolute Gasteiger partial charge is 0.240 e. The van der Waals surface area contributed by atoms with E-state index in [0.717, 1.165) is 50.7 Å². The topological polar surface area (TPSA) is 55.9 Å². The third-order valence-corrected chi connectivity index (χ3v) is 5.04. The van der Waals surface area contributed by atoms with E-state index in [9.17, 15) is 9.59 Å². The lowest BCUT2D eigenvalue weighted by Gasteiger charge is -2.29. The Balaban J connectivity index is 1.82. The molecule has 7 heteroatoms. The molecular formula is C14H26N4O2S. The van der Waals surface area contributed by atoms with Crippen molar-refractivity contribution in [2.75, 3.05) is 64.9 Å². The van der Waals surface area contributed by atoms with Gasteiger partial charge in [0.1, 0.15) is 0 Å². The quantitative estimate of drug-likeness (QED) is 0.748. The third-order valence-electron chi connectivity index (χ3n) is 3.98. The molecular weight excluding hydrogens is 288 g/mol. The summed E-state index contributed by atoms with van der Waals surface area (Å²) in [5.74, 6) is 2.31. The molecule has 21 heavy (non-hydrogen) atoms.